The van der Waals surface area contributed by atoms with Gasteiger partial charge in [0.05, 0.1) is 4.90 Å². The Balaban J connectivity index is 2.08. The summed E-state index contributed by atoms with van der Waals surface area (Å²) >= 11 is 5.21. The van der Waals surface area contributed by atoms with Gasteiger partial charge in [0.15, 0.2) is 4.77 Å². The molecule has 8 heteroatoms. The molecule has 0 radical (unpaired) electrons. The Morgan fingerprint density at radius 1 is 1.32 bits per heavy atom. The molecule has 19 heavy (non-hydrogen) atoms. The number of benzene rings is 1. The van der Waals surface area contributed by atoms with Crippen LogP contribution < -0.4 is 5.14 Å². The summed E-state index contributed by atoms with van der Waals surface area (Å²) in [5, 5.41) is 12.1. The largest absolute Gasteiger partial charge is 0.272 e. The molecule has 0 unspecified atom stereocenters. The molecule has 2 aromatic rings. The van der Waals surface area contributed by atoms with E-state index in [0.29, 0.717) is 10.7 Å². The fourth-order valence-corrected chi connectivity index (χ4v) is 2.72. The Morgan fingerprint density at radius 3 is 2.47 bits per heavy atom. The van der Waals surface area contributed by atoms with Crippen molar-refractivity contribution in [2.75, 3.05) is 0 Å². The summed E-state index contributed by atoms with van der Waals surface area (Å²) in [6.07, 6.45) is 2.21. The van der Waals surface area contributed by atoms with Crippen molar-refractivity contribution in [3.05, 3.63) is 34.9 Å². The summed E-state index contributed by atoms with van der Waals surface area (Å²) in [5.41, 5.74) is 0.785. The van der Waals surface area contributed by atoms with E-state index in [0.717, 1.165) is 24.4 Å². The van der Waals surface area contributed by atoms with Gasteiger partial charge in [0.25, 0.3) is 0 Å². The Hall–Kier alpha value is -1.51. The topological polar surface area (TPSA) is 93.8 Å². The van der Waals surface area contributed by atoms with Crippen LogP contribution in [0, 0.1) is 4.77 Å². The van der Waals surface area contributed by atoms with Crippen molar-refractivity contribution in [3.8, 4) is 5.69 Å². The molecule has 1 heterocycles. The Kier molecular flexibility index (Phi) is 2.80. The lowest BCUT2D eigenvalue weighted by Crippen LogP contribution is -2.12. The molecular formula is C11H12N4O2S2. The monoisotopic (exact) mass is 296 g/mol. The van der Waals surface area contributed by atoms with Gasteiger partial charge in [-0.05, 0) is 49.3 Å². The van der Waals surface area contributed by atoms with Crippen molar-refractivity contribution in [1.29, 1.82) is 0 Å². The minimum absolute atomic E-state index is 0.0826. The highest BCUT2D eigenvalue weighted by atomic mass is 32.2. The van der Waals surface area contributed by atoms with E-state index in [2.05, 4.69) is 10.2 Å². The summed E-state index contributed by atoms with van der Waals surface area (Å²) in [4.78, 5) is 0.0826. The number of rotatable bonds is 3. The average molecular weight is 296 g/mol. The summed E-state index contributed by atoms with van der Waals surface area (Å²) in [6, 6.07) is 6.29. The standard InChI is InChI=1S/C11H12N4O2S2/c12-19(16,17)9-5-3-8(4-6-9)15-10(7-1-2-7)13-14-11(15)18/h3-7H,1-2H2,(H,14,18)(H2,12,16,17). The number of primary sulfonamides is 1. The van der Waals surface area contributed by atoms with Crippen LogP contribution in [0.4, 0.5) is 0 Å². The van der Waals surface area contributed by atoms with Gasteiger partial charge in [-0.2, -0.15) is 5.10 Å². The van der Waals surface area contributed by atoms with Gasteiger partial charge in [0.1, 0.15) is 5.82 Å². The van der Waals surface area contributed by atoms with Gasteiger partial charge in [0.2, 0.25) is 10.0 Å². The van der Waals surface area contributed by atoms with Gasteiger partial charge in [0, 0.05) is 11.6 Å². The first-order valence-electron chi connectivity index (χ1n) is 5.77. The summed E-state index contributed by atoms with van der Waals surface area (Å²) in [7, 11) is -3.67. The van der Waals surface area contributed by atoms with E-state index >= 15 is 0 Å². The van der Waals surface area contributed by atoms with Gasteiger partial charge in [-0.25, -0.2) is 13.6 Å². The van der Waals surface area contributed by atoms with Crippen LogP contribution in [0.3, 0.4) is 0 Å². The van der Waals surface area contributed by atoms with Gasteiger partial charge in [-0.3, -0.25) is 9.67 Å². The smallest absolute Gasteiger partial charge is 0.238 e. The zero-order valence-corrected chi connectivity index (χ0v) is 11.5. The molecule has 100 valence electrons. The summed E-state index contributed by atoms with van der Waals surface area (Å²) in [6.45, 7) is 0. The second-order valence-electron chi connectivity index (χ2n) is 4.54. The third-order valence-electron chi connectivity index (χ3n) is 3.06. The van der Waals surface area contributed by atoms with Crippen molar-refractivity contribution in [2.24, 2.45) is 5.14 Å². The van der Waals surface area contributed by atoms with Crippen molar-refractivity contribution < 1.29 is 8.42 Å². The number of hydrogen-bond donors (Lipinski definition) is 2. The SMILES string of the molecule is NS(=O)(=O)c1ccc(-n2c(C3CC3)n[nH]c2=S)cc1. The Morgan fingerprint density at radius 2 is 1.95 bits per heavy atom. The molecule has 0 spiro atoms. The molecule has 6 nitrogen and oxygen atoms in total. The molecule has 0 aliphatic heterocycles. The average Bonchev–Trinajstić information content (AvgIpc) is 3.12. The Bertz CT molecular complexity index is 770. The van der Waals surface area contributed by atoms with Crippen LogP contribution in [-0.2, 0) is 10.0 Å². The summed E-state index contributed by atoms with van der Waals surface area (Å²) < 4.78 is 24.8. The normalized spacial score (nSPS) is 15.6. The number of nitrogens with zero attached hydrogens (tertiary/aromatic N) is 2. The number of nitrogens with two attached hydrogens (primary N) is 1. The van der Waals surface area contributed by atoms with E-state index in [-0.39, 0.29) is 4.90 Å². The fraction of sp³-hybridized carbons (Fsp3) is 0.273. The number of H-pyrrole nitrogens is 1. The molecule has 0 saturated heterocycles. The third-order valence-corrected chi connectivity index (χ3v) is 4.27. The van der Waals surface area contributed by atoms with Gasteiger partial charge < -0.3 is 0 Å². The highest BCUT2D eigenvalue weighted by Crippen LogP contribution is 2.39. The molecule has 1 aliphatic carbocycles. The van der Waals surface area contributed by atoms with E-state index in [4.69, 9.17) is 17.4 Å². The van der Waals surface area contributed by atoms with Crippen LogP contribution in [0.2, 0.25) is 0 Å². The number of aromatic amines is 1. The molecule has 3 N–H and O–H groups in total. The van der Waals surface area contributed by atoms with E-state index in [1.807, 2.05) is 4.57 Å². The van der Waals surface area contributed by atoms with Crippen molar-refractivity contribution in [3.63, 3.8) is 0 Å². The van der Waals surface area contributed by atoms with Gasteiger partial charge in [-0.1, -0.05) is 0 Å². The Labute approximate surface area is 115 Å². The van der Waals surface area contributed by atoms with Crippen LogP contribution in [-0.4, -0.2) is 23.2 Å². The van der Waals surface area contributed by atoms with E-state index in [9.17, 15) is 8.42 Å². The number of hydrogen-bond acceptors (Lipinski definition) is 4. The maximum atomic E-state index is 11.2. The predicted molar refractivity (Wildman–Crippen MR) is 72.1 cm³/mol. The van der Waals surface area contributed by atoms with Crippen molar-refractivity contribution in [1.82, 2.24) is 14.8 Å². The molecule has 3 rings (SSSR count). The lowest BCUT2D eigenvalue weighted by atomic mass is 10.3. The molecule has 1 aromatic carbocycles. The van der Waals surface area contributed by atoms with Crippen LogP contribution in [0.1, 0.15) is 24.6 Å². The maximum Gasteiger partial charge on any atom is 0.238 e. The molecule has 1 saturated carbocycles. The molecular weight excluding hydrogens is 284 g/mol. The highest BCUT2D eigenvalue weighted by Gasteiger charge is 2.29. The van der Waals surface area contributed by atoms with Gasteiger partial charge in [-0.15, -0.1) is 0 Å². The minimum Gasteiger partial charge on any atom is -0.272 e. The number of sulfonamides is 1. The molecule has 0 amide bonds. The van der Waals surface area contributed by atoms with E-state index in [1.54, 1.807) is 12.1 Å². The second kappa shape index (κ2) is 4.26. The predicted octanol–water partition coefficient (Wildman–Crippen LogP) is 1.45. The third kappa shape index (κ3) is 2.34. The molecule has 0 atom stereocenters. The molecule has 1 aliphatic rings. The van der Waals surface area contributed by atoms with Gasteiger partial charge >= 0.3 is 0 Å². The first-order valence-corrected chi connectivity index (χ1v) is 7.73. The number of aromatic nitrogens is 3. The van der Waals surface area contributed by atoms with Crippen LogP contribution in [0.25, 0.3) is 5.69 Å². The highest BCUT2D eigenvalue weighted by molar-refractivity contribution is 7.89. The van der Waals surface area contributed by atoms with Crippen LogP contribution in [0.15, 0.2) is 29.2 Å². The van der Waals surface area contributed by atoms with E-state index in [1.165, 1.54) is 12.1 Å². The lowest BCUT2D eigenvalue weighted by molar-refractivity contribution is 0.598. The quantitative estimate of drug-likeness (QED) is 0.838. The van der Waals surface area contributed by atoms with Crippen molar-refractivity contribution in [2.45, 2.75) is 23.7 Å². The lowest BCUT2D eigenvalue weighted by Gasteiger charge is -2.06. The summed E-state index contributed by atoms with van der Waals surface area (Å²) in [5.74, 6) is 1.33. The molecule has 0 bridgehead atoms. The molecule has 1 fully saturated rings. The fourth-order valence-electron chi connectivity index (χ4n) is 1.96. The molecule has 1 aromatic heterocycles. The minimum atomic E-state index is -3.67. The maximum absolute atomic E-state index is 11.2. The van der Waals surface area contributed by atoms with Crippen LogP contribution in [0.5, 0.6) is 0 Å². The second-order valence-corrected chi connectivity index (χ2v) is 6.48. The van der Waals surface area contributed by atoms with Crippen LogP contribution >= 0.6 is 12.2 Å². The zero-order valence-electron chi connectivity index (χ0n) is 9.91. The first-order chi connectivity index (χ1) is 8.97. The van der Waals surface area contributed by atoms with Crippen molar-refractivity contribution >= 4 is 22.2 Å². The van der Waals surface area contributed by atoms with E-state index < -0.39 is 10.0 Å². The number of nitrogens with one attached hydrogen (secondary N) is 1. The zero-order chi connectivity index (χ0) is 13.6. The first kappa shape index (κ1) is 12.5.